The molecule has 1 heterocycles. The van der Waals surface area contributed by atoms with Gasteiger partial charge in [-0.25, -0.2) is 0 Å². The van der Waals surface area contributed by atoms with Gasteiger partial charge in [-0.3, -0.25) is 0 Å². The Morgan fingerprint density at radius 2 is 0.827 bits per heavy atom. The van der Waals surface area contributed by atoms with Crippen molar-refractivity contribution in [3.05, 3.63) is 201 Å². The summed E-state index contributed by atoms with van der Waals surface area (Å²) in [5, 5.41) is 0. The molecule has 6 aromatic carbocycles. The number of rotatable bonds is 8. The Morgan fingerprint density at radius 3 is 1.25 bits per heavy atom. The first-order valence-corrected chi connectivity index (χ1v) is 30.7. The molecule has 0 saturated carbocycles. The second kappa shape index (κ2) is 13.3. The zero-order valence-electron chi connectivity index (χ0n) is 31.0. The van der Waals surface area contributed by atoms with E-state index >= 15 is 0 Å². The van der Waals surface area contributed by atoms with Gasteiger partial charge in [-0.1, -0.05) is 0 Å². The Hall–Kier alpha value is -4.33. The van der Waals surface area contributed by atoms with Crippen molar-refractivity contribution < 1.29 is 20.0 Å². The van der Waals surface area contributed by atoms with Crippen molar-refractivity contribution in [1.82, 2.24) is 0 Å². The first kappa shape index (κ1) is 33.5. The third-order valence-corrected chi connectivity index (χ3v) is 28.0. The number of aryl methyl sites for hydroxylation is 2. The Balaban J connectivity index is 1.35. The van der Waals surface area contributed by atoms with Crippen molar-refractivity contribution >= 4 is 12.2 Å². The number of fused-ring (bicyclic) bond motifs is 6. The van der Waals surface area contributed by atoms with Gasteiger partial charge in [-0.2, -0.15) is 0 Å². The van der Waals surface area contributed by atoms with Crippen LogP contribution >= 0.6 is 0 Å². The summed E-state index contributed by atoms with van der Waals surface area (Å²) >= 11 is -3.33. The van der Waals surface area contributed by atoms with Crippen molar-refractivity contribution in [3.63, 3.8) is 0 Å². The molecule has 0 bridgehead atoms. The third kappa shape index (κ3) is 5.26. The van der Waals surface area contributed by atoms with E-state index in [0.717, 1.165) is 25.7 Å². The zero-order valence-corrected chi connectivity index (χ0v) is 34.6. The molecule has 0 amide bonds. The van der Waals surface area contributed by atoms with Crippen LogP contribution in [0.15, 0.2) is 157 Å². The third-order valence-electron chi connectivity index (χ3n) is 12.8. The Bertz CT molecular complexity index is 2190. The van der Waals surface area contributed by atoms with Crippen LogP contribution in [-0.2, 0) is 45.7 Å². The topological polar surface area (TPSA) is 0 Å². The summed E-state index contributed by atoms with van der Waals surface area (Å²) in [4.78, 5) is 0. The van der Waals surface area contributed by atoms with Crippen LogP contribution in [-0.4, -0.2) is 0 Å². The van der Waals surface area contributed by atoms with Gasteiger partial charge in [0.15, 0.2) is 0 Å². The van der Waals surface area contributed by atoms with Crippen LogP contribution in [0.2, 0.25) is 9.36 Å². The monoisotopic (exact) mass is 840 g/mol. The van der Waals surface area contributed by atoms with E-state index in [4.69, 9.17) is 0 Å². The SMILES string of the molecule is CCc1ccccc1-c1cccc2c1C=C1[CH]2[Hf]([CH3])([CH3])[CH]2C(=Cc3c(-c4ccccc4CC)cccc32)C1(Cc1ccccc1)Cc1ccccc1. The minimum atomic E-state index is -3.33. The fraction of sp³-hybridized carbons (Fsp3) is 0.216. The van der Waals surface area contributed by atoms with Crippen LogP contribution in [0.3, 0.4) is 0 Å². The summed E-state index contributed by atoms with van der Waals surface area (Å²) in [6.07, 6.45) is 9.52. The first-order chi connectivity index (χ1) is 25.4. The van der Waals surface area contributed by atoms with E-state index in [0.29, 0.717) is 7.35 Å². The van der Waals surface area contributed by atoms with E-state index in [9.17, 15) is 0 Å². The molecule has 0 nitrogen and oxygen atoms in total. The molecular formula is C51H48Hf. The van der Waals surface area contributed by atoms with Gasteiger partial charge in [-0.15, -0.1) is 0 Å². The Labute approximate surface area is 315 Å². The Morgan fingerprint density at radius 1 is 0.442 bits per heavy atom. The van der Waals surface area contributed by atoms with Gasteiger partial charge < -0.3 is 0 Å². The molecule has 1 saturated heterocycles. The number of benzene rings is 6. The summed E-state index contributed by atoms with van der Waals surface area (Å²) < 4.78 is 6.59. The fourth-order valence-corrected chi connectivity index (χ4v) is 27.7. The van der Waals surface area contributed by atoms with Crippen molar-refractivity contribution in [3.8, 4) is 22.3 Å². The first-order valence-electron chi connectivity index (χ1n) is 19.4. The number of allylic oxidation sites excluding steroid dienone is 2. The molecule has 0 radical (unpaired) electrons. The van der Waals surface area contributed by atoms with Gasteiger partial charge >= 0.3 is 317 Å². The van der Waals surface area contributed by atoms with Crippen LogP contribution in [0.25, 0.3) is 34.4 Å². The van der Waals surface area contributed by atoms with E-state index in [1.807, 2.05) is 0 Å². The molecule has 9 rings (SSSR count). The molecule has 52 heavy (non-hydrogen) atoms. The van der Waals surface area contributed by atoms with Gasteiger partial charge in [-0.05, 0) is 0 Å². The van der Waals surface area contributed by atoms with Crippen LogP contribution < -0.4 is 0 Å². The molecule has 0 aromatic heterocycles. The Kier molecular flexibility index (Phi) is 8.55. The van der Waals surface area contributed by atoms with Gasteiger partial charge in [0.25, 0.3) is 0 Å². The molecule has 1 fully saturated rings. The maximum absolute atomic E-state index is 3.33. The van der Waals surface area contributed by atoms with Crippen molar-refractivity contribution in [1.29, 1.82) is 0 Å². The maximum atomic E-state index is 2.79. The number of hydrogen-bond donors (Lipinski definition) is 0. The van der Waals surface area contributed by atoms with Gasteiger partial charge in [0.05, 0.1) is 0 Å². The molecule has 2 unspecified atom stereocenters. The molecule has 1 aliphatic heterocycles. The van der Waals surface area contributed by atoms with E-state index in [-0.39, 0.29) is 5.41 Å². The quantitative estimate of drug-likeness (QED) is 0.134. The summed E-state index contributed by atoms with van der Waals surface area (Å²) in [7, 11) is 0. The predicted molar refractivity (Wildman–Crippen MR) is 218 cm³/mol. The second-order valence-corrected chi connectivity index (χ2v) is 33.2. The molecule has 0 N–H and O–H groups in total. The van der Waals surface area contributed by atoms with E-state index in [1.165, 1.54) is 55.6 Å². The van der Waals surface area contributed by atoms with E-state index < -0.39 is 20.0 Å². The average Bonchev–Trinajstić information content (AvgIpc) is 3.80. The fourth-order valence-electron chi connectivity index (χ4n) is 10.6. The van der Waals surface area contributed by atoms with Crippen LogP contribution in [0.1, 0.15) is 65.7 Å². The molecule has 0 spiro atoms. The van der Waals surface area contributed by atoms with Gasteiger partial charge in [0, 0.05) is 0 Å². The molecule has 3 aliphatic rings. The molecule has 2 aliphatic carbocycles. The zero-order chi connectivity index (χ0) is 35.5. The summed E-state index contributed by atoms with van der Waals surface area (Å²) in [5.74, 6) is 0. The molecule has 256 valence electrons. The average molecular weight is 839 g/mol. The minimum absolute atomic E-state index is 0.158. The normalized spacial score (nSPS) is 18.8. The molecule has 2 atom stereocenters. The van der Waals surface area contributed by atoms with Gasteiger partial charge in [0.1, 0.15) is 0 Å². The number of hydrogen-bond acceptors (Lipinski definition) is 0. The van der Waals surface area contributed by atoms with E-state index in [1.54, 1.807) is 22.3 Å². The molecular weight excluding hydrogens is 791 g/mol. The van der Waals surface area contributed by atoms with Crippen molar-refractivity contribution in [2.24, 2.45) is 5.41 Å². The standard InChI is InChI=1S/C49H42.2CH3.Hf/c1-3-37-21-11-13-25-43(37)45-27-15-23-39-29-41(31-47(39)45)49(33-35-17-7-5-8-18-35,34-36-19-9-6-10-20-36)42-30-40-24-16-28-46(48(40)32-42)44-26-14-12-22-38(44)4-2;;;/h5-32H,3-4,33-34H2,1-2H3;2*1H3;. The molecule has 6 aromatic rings. The summed E-state index contributed by atoms with van der Waals surface area (Å²) in [6, 6.07) is 55.5. The van der Waals surface area contributed by atoms with Crippen molar-refractivity contribution in [2.45, 2.75) is 56.2 Å². The van der Waals surface area contributed by atoms with Gasteiger partial charge in [0.2, 0.25) is 0 Å². The summed E-state index contributed by atoms with van der Waals surface area (Å²) in [6.45, 7) is 4.59. The molecule has 1 heteroatoms. The summed E-state index contributed by atoms with van der Waals surface area (Å²) in [5.41, 5.74) is 20.7. The van der Waals surface area contributed by atoms with Crippen LogP contribution in [0.4, 0.5) is 0 Å². The van der Waals surface area contributed by atoms with Crippen molar-refractivity contribution in [2.75, 3.05) is 0 Å². The predicted octanol–water partition coefficient (Wildman–Crippen LogP) is 13.5. The second-order valence-electron chi connectivity index (χ2n) is 15.9. The van der Waals surface area contributed by atoms with Crippen LogP contribution in [0.5, 0.6) is 0 Å². The van der Waals surface area contributed by atoms with Crippen LogP contribution in [0, 0.1) is 5.41 Å². The van der Waals surface area contributed by atoms with E-state index in [2.05, 4.69) is 181 Å².